The van der Waals surface area contributed by atoms with Gasteiger partial charge in [-0.2, -0.15) is 0 Å². The molecule has 0 aliphatic heterocycles. The van der Waals surface area contributed by atoms with Crippen LogP contribution in [0.5, 0.6) is 5.75 Å². The molecule has 0 saturated heterocycles. The summed E-state index contributed by atoms with van der Waals surface area (Å²) in [4.78, 5) is 6.24. The Kier molecular flexibility index (Phi) is 10.5. The lowest BCUT2D eigenvalue weighted by atomic mass is 9.89. The lowest BCUT2D eigenvalue weighted by Gasteiger charge is -2.39. The first kappa shape index (κ1) is 31.3. The van der Waals surface area contributed by atoms with Gasteiger partial charge in [0.15, 0.2) is 5.13 Å². The molecule has 5 rings (SSSR count). The predicted molar refractivity (Wildman–Crippen MR) is 170 cm³/mol. The van der Waals surface area contributed by atoms with Crippen LogP contribution in [0.15, 0.2) is 35.2 Å². The van der Waals surface area contributed by atoms with Gasteiger partial charge in [-0.1, -0.05) is 48.6 Å². The summed E-state index contributed by atoms with van der Waals surface area (Å²) >= 11 is 7.73. The molecule has 230 valence electrons. The molecule has 8 nitrogen and oxygen atoms in total. The van der Waals surface area contributed by atoms with E-state index in [-0.39, 0.29) is 22.2 Å². The summed E-state index contributed by atoms with van der Waals surface area (Å²) in [5, 5.41) is 6.92. The van der Waals surface area contributed by atoms with Crippen molar-refractivity contribution in [3.05, 3.63) is 41.2 Å². The van der Waals surface area contributed by atoms with Crippen molar-refractivity contribution in [1.29, 1.82) is 0 Å². The fourth-order valence-electron chi connectivity index (χ4n) is 6.12. The van der Waals surface area contributed by atoms with E-state index in [9.17, 15) is 8.42 Å². The Bertz CT molecular complexity index is 1460. The predicted octanol–water partition coefficient (Wildman–Crippen LogP) is 6.72. The van der Waals surface area contributed by atoms with E-state index in [4.69, 9.17) is 16.3 Å². The number of rotatable bonds is 13. The third-order valence-corrected chi connectivity index (χ3v) is 11.2. The number of benzene rings is 2. The van der Waals surface area contributed by atoms with Gasteiger partial charge in [-0.25, -0.2) is 17.8 Å². The van der Waals surface area contributed by atoms with Gasteiger partial charge in [-0.05, 0) is 95.5 Å². The zero-order valence-electron chi connectivity index (χ0n) is 24.3. The lowest BCUT2D eigenvalue weighted by molar-refractivity contribution is 0.176. The van der Waals surface area contributed by atoms with Crippen LogP contribution in [-0.2, 0) is 10.0 Å². The molecule has 2 saturated carbocycles. The number of hydrogen-bond acceptors (Lipinski definition) is 8. The molecule has 0 unspecified atom stereocenters. The minimum Gasteiger partial charge on any atom is -0.493 e. The molecule has 3 N–H and O–H groups in total. The van der Waals surface area contributed by atoms with Gasteiger partial charge in [0.1, 0.15) is 16.5 Å². The molecule has 3 aromatic rings. The number of aromatic nitrogens is 1. The lowest BCUT2D eigenvalue weighted by Crippen LogP contribution is -2.47. The van der Waals surface area contributed by atoms with E-state index in [1.165, 1.54) is 49.2 Å². The molecule has 1 heterocycles. The number of hydrogen-bond donors (Lipinski definition) is 3. The molecule has 12 heteroatoms. The molecule has 0 radical (unpaired) electrons. The Morgan fingerprint density at radius 3 is 2.67 bits per heavy atom. The Hall–Kier alpha value is -2.18. The maximum atomic E-state index is 15.3. The number of thiazole rings is 1. The Morgan fingerprint density at radius 2 is 1.88 bits per heavy atom. The van der Waals surface area contributed by atoms with E-state index in [1.807, 2.05) is 25.2 Å². The van der Waals surface area contributed by atoms with Crippen LogP contribution in [0, 0.1) is 11.7 Å². The van der Waals surface area contributed by atoms with Gasteiger partial charge in [-0.3, -0.25) is 4.72 Å². The fraction of sp³-hybridized carbons (Fsp3) is 0.567. The summed E-state index contributed by atoms with van der Waals surface area (Å²) < 4.78 is 51.0. The van der Waals surface area contributed by atoms with Gasteiger partial charge in [-0.15, -0.1) is 0 Å². The molecule has 1 aromatic heterocycles. The van der Waals surface area contributed by atoms with Crippen LogP contribution in [0.4, 0.5) is 15.2 Å². The zero-order valence-corrected chi connectivity index (χ0v) is 26.7. The van der Waals surface area contributed by atoms with Crippen LogP contribution < -0.4 is 20.1 Å². The number of anilines is 2. The van der Waals surface area contributed by atoms with Crippen LogP contribution in [0.25, 0.3) is 10.2 Å². The van der Waals surface area contributed by atoms with Crippen molar-refractivity contribution >= 4 is 54.0 Å². The average Bonchev–Trinajstić information content (AvgIpc) is 3.63. The summed E-state index contributed by atoms with van der Waals surface area (Å²) in [6.07, 6.45) is 10.1. The molecule has 2 aliphatic carbocycles. The van der Waals surface area contributed by atoms with E-state index in [0.717, 1.165) is 55.6 Å². The van der Waals surface area contributed by atoms with Crippen molar-refractivity contribution in [1.82, 2.24) is 15.2 Å². The standard InChI is InChI=1S/C30H41ClFN5O3S2/c1-33-14-7-15-37(2)27-11-6-5-10-24(27)34-26-18-23(32)29(17-22(26)31)42(38,39)36-30-35-25-13-12-21(16-28(25)41-30)40-19-20-8-3-4-9-20/h12-13,16-18,20,24,27,33-34H,3-11,14-15,19H2,1-2H3,(H,35,36)/t24-,27-/m0/s1. The van der Waals surface area contributed by atoms with Gasteiger partial charge >= 0.3 is 0 Å². The molecular weight excluding hydrogens is 597 g/mol. The highest BCUT2D eigenvalue weighted by Gasteiger charge is 2.30. The van der Waals surface area contributed by atoms with E-state index >= 15 is 4.39 Å². The SMILES string of the molecule is CNCCCN(C)[C@H]1CCCC[C@@H]1Nc1cc(F)c(S(=O)(=O)Nc2nc3ccc(OCC4CCCC4)cc3s2)cc1Cl. The number of sulfonamides is 1. The van der Waals surface area contributed by atoms with Crippen molar-refractivity contribution in [2.75, 3.05) is 43.8 Å². The highest BCUT2D eigenvalue weighted by molar-refractivity contribution is 7.93. The number of ether oxygens (including phenoxy) is 1. The van der Waals surface area contributed by atoms with Crippen molar-refractivity contribution in [3.63, 3.8) is 0 Å². The van der Waals surface area contributed by atoms with Crippen LogP contribution in [0.1, 0.15) is 57.8 Å². The molecule has 0 spiro atoms. The fourth-order valence-corrected chi connectivity index (χ4v) is 8.62. The van der Waals surface area contributed by atoms with Crippen LogP contribution in [-0.4, -0.2) is 64.2 Å². The summed E-state index contributed by atoms with van der Waals surface area (Å²) in [5.41, 5.74) is 1.04. The van der Waals surface area contributed by atoms with Crippen molar-refractivity contribution in [2.45, 2.75) is 74.8 Å². The minimum atomic E-state index is -4.27. The highest BCUT2D eigenvalue weighted by Crippen LogP contribution is 2.35. The monoisotopic (exact) mass is 637 g/mol. The average molecular weight is 638 g/mol. The van der Waals surface area contributed by atoms with Gasteiger partial charge < -0.3 is 20.3 Å². The maximum Gasteiger partial charge on any atom is 0.266 e. The molecular formula is C30H41ClFN5O3S2. The van der Waals surface area contributed by atoms with E-state index in [1.54, 1.807) is 0 Å². The smallest absolute Gasteiger partial charge is 0.266 e. The molecule has 2 atom stereocenters. The Balaban J connectivity index is 1.27. The molecule has 42 heavy (non-hydrogen) atoms. The van der Waals surface area contributed by atoms with E-state index in [0.29, 0.717) is 23.7 Å². The number of fused-ring (bicyclic) bond motifs is 1. The van der Waals surface area contributed by atoms with Gasteiger partial charge in [0, 0.05) is 12.1 Å². The van der Waals surface area contributed by atoms with Gasteiger partial charge in [0.25, 0.3) is 10.0 Å². The molecule has 0 amide bonds. The summed E-state index contributed by atoms with van der Waals surface area (Å²) in [5.74, 6) is 0.456. The Labute approximate surface area is 257 Å². The van der Waals surface area contributed by atoms with Gasteiger partial charge in [0.05, 0.1) is 27.5 Å². The topological polar surface area (TPSA) is 95.6 Å². The largest absolute Gasteiger partial charge is 0.493 e. The summed E-state index contributed by atoms with van der Waals surface area (Å²) in [6.45, 7) is 2.58. The first-order chi connectivity index (χ1) is 20.2. The first-order valence-corrected chi connectivity index (χ1v) is 17.6. The number of nitrogens with one attached hydrogen (secondary N) is 3. The maximum absolute atomic E-state index is 15.3. The molecule has 2 aliphatic rings. The quantitative estimate of drug-likeness (QED) is 0.179. The van der Waals surface area contributed by atoms with Gasteiger partial charge in [0.2, 0.25) is 0 Å². The second kappa shape index (κ2) is 14.1. The second-order valence-electron chi connectivity index (χ2n) is 11.5. The van der Waals surface area contributed by atoms with E-state index in [2.05, 4.69) is 32.3 Å². The number of halogens is 2. The Morgan fingerprint density at radius 1 is 1.12 bits per heavy atom. The normalized spacial score (nSPS) is 19.9. The summed E-state index contributed by atoms with van der Waals surface area (Å²) in [7, 11) is -0.199. The van der Waals surface area contributed by atoms with Crippen molar-refractivity contribution in [2.24, 2.45) is 5.92 Å². The molecule has 2 fully saturated rings. The summed E-state index contributed by atoms with van der Waals surface area (Å²) in [6, 6.07) is 8.26. The third kappa shape index (κ3) is 7.66. The van der Waals surface area contributed by atoms with Crippen LogP contribution in [0.2, 0.25) is 5.02 Å². The van der Waals surface area contributed by atoms with Crippen LogP contribution >= 0.6 is 22.9 Å². The minimum absolute atomic E-state index is 0.0885. The molecule has 2 aromatic carbocycles. The zero-order chi connectivity index (χ0) is 29.7. The number of likely N-dealkylation sites (N-methyl/N-ethyl adjacent to an activating group) is 1. The number of nitrogens with zero attached hydrogens (tertiary/aromatic N) is 2. The van der Waals surface area contributed by atoms with Crippen LogP contribution in [0.3, 0.4) is 0 Å². The van der Waals surface area contributed by atoms with Crippen molar-refractivity contribution in [3.8, 4) is 5.75 Å². The highest BCUT2D eigenvalue weighted by atomic mass is 35.5. The second-order valence-corrected chi connectivity index (χ2v) is 14.6. The third-order valence-electron chi connectivity index (χ3n) is 8.43. The molecule has 0 bridgehead atoms. The van der Waals surface area contributed by atoms with Crippen molar-refractivity contribution < 1.29 is 17.5 Å². The first-order valence-electron chi connectivity index (χ1n) is 14.9. The van der Waals surface area contributed by atoms with E-state index < -0.39 is 20.7 Å².